The Labute approximate surface area is 82.9 Å². The predicted molar refractivity (Wildman–Crippen MR) is 53.7 cm³/mol. The molecule has 1 saturated heterocycles. The molecule has 1 aromatic carbocycles. The van der Waals surface area contributed by atoms with E-state index in [0.29, 0.717) is 6.42 Å². The molecule has 0 bridgehead atoms. The van der Waals surface area contributed by atoms with Gasteiger partial charge in [-0.3, -0.25) is 4.79 Å². The third kappa shape index (κ3) is 2.05. The van der Waals surface area contributed by atoms with Gasteiger partial charge in [0, 0.05) is 18.5 Å². The van der Waals surface area contributed by atoms with Crippen molar-refractivity contribution in [3.05, 3.63) is 29.8 Å². The maximum Gasteiger partial charge on any atom is 0.306 e. The number of nitrogens with two attached hydrogens (primary N) is 1. The van der Waals surface area contributed by atoms with Gasteiger partial charge in [-0.25, -0.2) is 0 Å². The van der Waals surface area contributed by atoms with Gasteiger partial charge in [-0.05, 0) is 24.1 Å². The van der Waals surface area contributed by atoms with Crippen LogP contribution in [0.1, 0.15) is 18.4 Å². The number of carbonyl (C=O) groups excluding carboxylic acids is 1. The van der Waals surface area contributed by atoms with Crippen LogP contribution in [0, 0.1) is 0 Å². The van der Waals surface area contributed by atoms with Crippen molar-refractivity contribution in [1.82, 2.24) is 0 Å². The quantitative estimate of drug-likeness (QED) is 0.569. The minimum Gasteiger partial charge on any atom is -0.462 e. The molecule has 0 aromatic heterocycles. The highest BCUT2D eigenvalue weighted by molar-refractivity contribution is 5.71. The van der Waals surface area contributed by atoms with Crippen LogP contribution in [0.25, 0.3) is 0 Å². The zero-order chi connectivity index (χ0) is 9.97. The normalized spacial score (nSPS) is 20.9. The average molecular weight is 191 g/mol. The molecular weight excluding hydrogens is 178 g/mol. The minimum absolute atomic E-state index is 0.0612. The van der Waals surface area contributed by atoms with E-state index in [4.69, 9.17) is 10.5 Å². The molecule has 0 radical (unpaired) electrons. The zero-order valence-electron chi connectivity index (χ0n) is 7.90. The molecule has 1 atom stereocenters. The minimum atomic E-state index is -0.0783. The number of carbonyl (C=O) groups is 1. The third-order valence-corrected chi connectivity index (χ3v) is 2.41. The van der Waals surface area contributed by atoms with E-state index in [2.05, 4.69) is 0 Å². The second-order valence-corrected chi connectivity index (χ2v) is 3.60. The maximum atomic E-state index is 10.9. The van der Waals surface area contributed by atoms with Crippen molar-refractivity contribution in [3.63, 3.8) is 0 Å². The zero-order valence-corrected chi connectivity index (χ0v) is 7.90. The molecule has 1 unspecified atom stereocenters. The van der Waals surface area contributed by atoms with Crippen LogP contribution in [0.2, 0.25) is 0 Å². The fraction of sp³-hybridized carbons (Fsp3) is 0.364. The van der Waals surface area contributed by atoms with Crippen molar-refractivity contribution in [2.45, 2.75) is 25.4 Å². The number of nitrogen functional groups attached to an aromatic ring is 1. The van der Waals surface area contributed by atoms with Crippen molar-refractivity contribution in [3.8, 4) is 0 Å². The smallest absolute Gasteiger partial charge is 0.306 e. The van der Waals surface area contributed by atoms with Crippen LogP contribution in [-0.4, -0.2) is 12.1 Å². The SMILES string of the molecule is Nc1ccc(CC2CCC(=O)O2)cc1. The highest BCUT2D eigenvalue weighted by Gasteiger charge is 2.22. The Hall–Kier alpha value is -1.51. The van der Waals surface area contributed by atoms with Crippen molar-refractivity contribution in [1.29, 1.82) is 0 Å². The van der Waals surface area contributed by atoms with E-state index in [1.54, 1.807) is 0 Å². The molecule has 2 N–H and O–H groups in total. The summed E-state index contributed by atoms with van der Waals surface area (Å²) in [4.78, 5) is 10.9. The summed E-state index contributed by atoms with van der Waals surface area (Å²) in [7, 11) is 0. The Bertz CT molecular complexity index is 332. The van der Waals surface area contributed by atoms with Crippen LogP contribution in [0.4, 0.5) is 5.69 Å². The number of hydrogen-bond acceptors (Lipinski definition) is 3. The van der Waals surface area contributed by atoms with Crippen molar-refractivity contribution < 1.29 is 9.53 Å². The number of cyclic esters (lactones) is 1. The topological polar surface area (TPSA) is 52.3 Å². The van der Waals surface area contributed by atoms with E-state index in [-0.39, 0.29) is 12.1 Å². The summed E-state index contributed by atoms with van der Waals surface area (Å²) < 4.78 is 5.13. The lowest BCUT2D eigenvalue weighted by Gasteiger charge is -2.08. The molecule has 1 heterocycles. The molecule has 1 aliphatic heterocycles. The van der Waals surface area contributed by atoms with Gasteiger partial charge in [0.15, 0.2) is 0 Å². The number of ether oxygens (including phenoxy) is 1. The number of benzene rings is 1. The molecule has 0 amide bonds. The largest absolute Gasteiger partial charge is 0.462 e. The summed E-state index contributed by atoms with van der Waals surface area (Å²) in [5.41, 5.74) is 7.50. The molecule has 3 nitrogen and oxygen atoms in total. The van der Waals surface area contributed by atoms with Crippen LogP contribution in [-0.2, 0) is 16.0 Å². The van der Waals surface area contributed by atoms with Gasteiger partial charge in [-0.15, -0.1) is 0 Å². The Balaban J connectivity index is 1.97. The van der Waals surface area contributed by atoms with E-state index in [0.717, 1.165) is 18.5 Å². The average Bonchev–Trinajstić information content (AvgIpc) is 2.56. The first-order valence-electron chi connectivity index (χ1n) is 4.78. The summed E-state index contributed by atoms with van der Waals surface area (Å²) in [6.45, 7) is 0. The monoisotopic (exact) mass is 191 g/mol. The van der Waals surface area contributed by atoms with Crippen LogP contribution in [0.5, 0.6) is 0 Å². The van der Waals surface area contributed by atoms with E-state index in [1.807, 2.05) is 24.3 Å². The molecule has 0 saturated carbocycles. The Kier molecular flexibility index (Phi) is 2.39. The van der Waals surface area contributed by atoms with Crippen LogP contribution in [0.15, 0.2) is 24.3 Å². The Morgan fingerprint density at radius 3 is 2.64 bits per heavy atom. The number of anilines is 1. The lowest BCUT2D eigenvalue weighted by atomic mass is 10.1. The Morgan fingerprint density at radius 1 is 1.36 bits per heavy atom. The van der Waals surface area contributed by atoms with Gasteiger partial charge in [0.05, 0.1) is 0 Å². The second-order valence-electron chi connectivity index (χ2n) is 3.60. The molecule has 74 valence electrons. The summed E-state index contributed by atoms with van der Waals surface area (Å²) in [6.07, 6.45) is 2.25. The molecule has 2 rings (SSSR count). The van der Waals surface area contributed by atoms with Crippen LogP contribution < -0.4 is 5.73 Å². The number of esters is 1. The van der Waals surface area contributed by atoms with Gasteiger partial charge in [-0.1, -0.05) is 12.1 Å². The maximum absolute atomic E-state index is 10.9. The molecule has 1 aromatic rings. The highest BCUT2D eigenvalue weighted by Crippen LogP contribution is 2.18. The van der Waals surface area contributed by atoms with Crippen molar-refractivity contribution in [2.24, 2.45) is 0 Å². The molecule has 0 aliphatic carbocycles. The fourth-order valence-corrected chi connectivity index (χ4v) is 1.64. The highest BCUT2D eigenvalue weighted by atomic mass is 16.5. The molecule has 1 fully saturated rings. The number of rotatable bonds is 2. The summed E-state index contributed by atoms with van der Waals surface area (Å²) >= 11 is 0. The van der Waals surface area contributed by atoms with Crippen molar-refractivity contribution >= 4 is 11.7 Å². The van der Waals surface area contributed by atoms with Gasteiger partial charge < -0.3 is 10.5 Å². The van der Waals surface area contributed by atoms with E-state index in [1.165, 1.54) is 5.56 Å². The molecule has 1 aliphatic rings. The van der Waals surface area contributed by atoms with Gasteiger partial charge in [0.2, 0.25) is 0 Å². The lowest BCUT2D eigenvalue weighted by Crippen LogP contribution is -2.10. The van der Waals surface area contributed by atoms with Gasteiger partial charge in [-0.2, -0.15) is 0 Å². The molecule has 3 heteroatoms. The summed E-state index contributed by atoms with van der Waals surface area (Å²) in [6, 6.07) is 7.68. The first kappa shape index (κ1) is 9.06. The summed E-state index contributed by atoms with van der Waals surface area (Å²) in [5, 5.41) is 0. The predicted octanol–water partition coefficient (Wildman–Crippen LogP) is 1.52. The van der Waals surface area contributed by atoms with Gasteiger partial charge in [0.25, 0.3) is 0 Å². The van der Waals surface area contributed by atoms with E-state index in [9.17, 15) is 4.79 Å². The molecule has 0 spiro atoms. The molecule has 14 heavy (non-hydrogen) atoms. The van der Waals surface area contributed by atoms with E-state index < -0.39 is 0 Å². The number of hydrogen-bond donors (Lipinski definition) is 1. The second kappa shape index (κ2) is 3.70. The lowest BCUT2D eigenvalue weighted by molar-refractivity contribution is -0.141. The first-order chi connectivity index (χ1) is 6.74. The van der Waals surface area contributed by atoms with Crippen LogP contribution >= 0.6 is 0 Å². The standard InChI is InChI=1S/C11H13NO2/c12-9-3-1-8(2-4-9)7-10-5-6-11(13)14-10/h1-4,10H,5-7,12H2. The van der Waals surface area contributed by atoms with Gasteiger partial charge >= 0.3 is 5.97 Å². The van der Waals surface area contributed by atoms with Crippen LogP contribution in [0.3, 0.4) is 0 Å². The van der Waals surface area contributed by atoms with Crippen molar-refractivity contribution in [2.75, 3.05) is 5.73 Å². The third-order valence-electron chi connectivity index (χ3n) is 2.41. The van der Waals surface area contributed by atoms with E-state index >= 15 is 0 Å². The molecular formula is C11H13NO2. The summed E-state index contributed by atoms with van der Waals surface area (Å²) in [5.74, 6) is -0.0783. The Morgan fingerprint density at radius 2 is 2.07 bits per heavy atom. The first-order valence-corrected chi connectivity index (χ1v) is 4.78. The van der Waals surface area contributed by atoms with Gasteiger partial charge in [0.1, 0.15) is 6.10 Å². The fourth-order valence-electron chi connectivity index (χ4n) is 1.64.